The molecular formula is C20H21N2O4S+. The van der Waals surface area contributed by atoms with Crippen LogP contribution in [-0.4, -0.2) is 69.8 Å². The molecule has 0 bridgehead atoms. The van der Waals surface area contributed by atoms with Crippen LogP contribution in [0.3, 0.4) is 0 Å². The number of hydrogen-bond donors (Lipinski definition) is 0. The number of carbonyl (C=O) groups excluding carboxylic acids is 2. The van der Waals surface area contributed by atoms with Crippen LogP contribution in [0.2, 0.25) is 0 Å². The molecule has 0 radical (unpaired) electrons. The Morgan fingerprint density at radius 2 is 1.59 bits per heavy atom. The molecule has 1 fully saturated rings. The second-order valence-electron chi connectivity index (χ2n) is 7.71. The standard InChI is InChI=1S/C20H21N2O4S/c1-22(2)11-9-21(10-12-22)20(24)14-7-8-16-18(13-14)27(25,26)17-6-4-3-5-15(17)19(16)23/h3-8,13H,9-12H2,1-2H3/q+1. The lowest BCUT2D eigenvalue weighted by atomic mass is 10.0. The largest absolute Gasteiger partial charge is 0.327 e. The molecule has 0 spiro atoms. The lowest BCUT2D eigenvalue weighted by Gasteiger charge is -2.39. The number of ketones is 1. The van der Waals surface area contributed by atoms with Gasteiger partial charge in [0, 0.05) is 16.7 Å². The van der Waals surface area contributed by atoms with Crippen LogP contribution >= 0.6 is 0 Å². The van der Waals surface area contributed by atoms with Gasteiger partial charge in [0.05, 0.1) is 50.1 Å². The van der Waals surface area contributed by atoms with E-state index in [0.29, 0.717) is 18.7 Å². The Hall–Kier alpha value is -2.51. The van der Waals surface area contributed by atoms with Gasteiger partial charge in [-0.25, -0.2) is 8.42 Å². The number of quaternary nitrogens is 1. The van der Waals surface area contributed by atoms with Crippen LogP contribution in [0, 0.1) is 0 Å². The Morgan fingerprint density at radius 3 is 2.30 bits per heavy atom. The molecule has 1 saturated heterocycles. The molecule has 6 nitrogen and oxygen atoms in total. The van der Waals surface area contributed by atoms with E-state index < -0.39 is 9.84 Å². The zero-order valence-corrected chi connectivity index (χ0v) is 16.1. The maximum Gasteiger partial charge on any atom is 0.254 e. The average molecular weight is 385 g/mol. The molecule has 0 saturated carbocycles. The fourth-order valence-electron chi connectivity index (χ4n) is 3.61. The summed E-state index contributed by atoms with van der Waals surface area (Å²) in [5, 5.41) is 0. The van der Waals surface area contributed by atoms with Gasteiger partial charge >= 0.3 is 0 Å². The third kappa shape index (κ3) is 2.87. The van der Waals surface area contributed by atoms with E-state index in [0.717, 1.165) is 17.6 Å². The molecule has 140 valence electrons. The van der Waals surface area contributed by atoms with E-state index in [1.54, 1.807) is 23.1 Å². The quantitative estimate of drug-likeness (QED) is 0.597. The number of benzene rings is 2. The molecule has 1 amide bonds. The van der Waals surface area contributed by atoms with Crippen molar-refractivity contribution in [2.45, 2.75) is 9.79 Å². The van der Waals surface area contributed by atoms with Crippen LogP contribution in [0.25, 0.3) is 0 Å². The van der Waals surface area contributed by atoms with Gasteiger partial charge in [0.1, 0.15) is 0 Å². The van der Waals surface area contributed by atoms with Crippen molar-refractivity contribution in [2.75, 3.05) is 40.3 Å². The van der Waals surface area contributed by atoms with Gasteiger partial charge in [-0.3, -0.25) is 9.59 Å². The van der Waals surface area contributed by atoms with Crippen molar-refractivity contribution in [1.82, 2.24) is 4.90 Å². The number of rotatable bonds is 1. The molecule has 0 N–H and O–H groups in total. The van der Waals surface area contributed by atoms with Crippen LogP contribution < -0.4 is 0 Å². The van der Waals surface area contributed by atoms with Crippen molar-refractivity contribution in [3.8, 4) is 0 Å². The van der Waals surface area contributed by atoms with Crippen molar-refractivity contribution in [3.05, 3.63) is 59.2 Å². The molecule has 2 heterocycles. The highest BCUT2D eigenvalue weighted by Crippen LogP contribution is 2.35. The predicted molar refractivity (Wildman–Crippen MR) is 99.5 cm³/mol. The fraction of sp³-hybridized carbons (Fsp3) is 0.300. The first-order chi connectivity index (χ1) is 12.7. The lowest BCUT2D eigenvalue weighted by molar-refractivity contribution is -0.894. The normalized spacial score (nSPS) is 19.9. The average Bonchev–Trinajstić information content (AvgIpc) is 2.65. The van der Waals surface area contributed by atoms with Gasteiger partial charge in [-0.15, -0.1) is 0 Å². The summed E-state index contributed by atoms with van der Waals surface area (Å²) in [5.74, 6) is -0.523. The highest BCUT2D eigenvalue weighted by atomic mass is 32.2. The molecule has 2 aliphatic heterocycles. The molecular weight excluding hydrogens is 364 g/mol. The van der Waals surface area contributed by atoms with E-state index in [2.05, 4.69) is 14.1 Å². The topological polar surface area (TPSA) is 71.5 Å². The molecule has 0 aromatic heterocycles. The Bertz CT molecular complexity index is 1060. The molecule has 0 aliphatic carbocycles. The number of piperazine rings is 1. The predicted octanol–water partition coefficient (Wildman–Crippen LogP) is 1.60. The van der Waals surface area contributed by atoms with Crippen LogP contribution in [0.1, 0.15) is 26.3 Å². The monoisotopic (exact) mass is 385 g/mol. The number of nitrogens with zero attached hydrogens (tertiary/aromatic N) is 2. The summed E-state index contributed by atoms with van der Waals surface area (Å²) in [6, 6.07) is 10.6. The number of carbonyl (C=O) groups is 2. The minimum absolute atomic E-state index is 0.00382. The summed E-state index contributed by atoms with van der Waals surface area (Å²) >= 11 is 0. The Labute approximate surface area is 158 Å². The molecule has 0 atom stereocenters. The smallest absolute Gasteiger partial charge is 0.254 e. The maximum atomic E-state index is 13.0. The number of hydrogen-bond acceptors (Lipinski definition) is 4. The van der Waals surface area contributed by atoms with E-state index in [1.807, 2.05) is 0 Å². The first kappa shape index (κ1) is 17.9. The number of fused-ring (bicyclic) bond motifs is 2. The van der Waals surface area contributed by atoms with Gasteiger partial charge in [0.2, 0.25) is 9.84 Å². The van der Waals surface area contributed by atoms with Gasteiger partial charge in [0.25, 0.3) is 5.91 Å². The summed E-state index contributed by atoms with van der Waals surface area (Å²) in [6.07, 6.45) is 0. The Morgan fingerprint density at radius 1 is 0.963 bits per heavy atom. The SMILES string of the molecule is C[N+]1(C)CCN(C(=O)c2ccc3c(c2)S(=O)(=O)c2ccccc2C3=O)CC1. The van der Waals surface area contributed by atoms with Crippen molar-refractivity contribution < 1.29 is 22.5 Å². The molecule has 2 aliphatic rings. The van der Waals surface area contributed by atoms with Gasteiger partial charge in [-0.05, 0) is 30.3 Å². The van der Waals surface area contributed by atoms with Crippen molar-refractivity contribution in [1.29, 1.82) is 0 Å². The van der Waals surface area contributed by atoms with Gasteiger partial charge in [0.15, 0.2) is 5.78 Å². The van der Waals surface area contributed by atoms with Crippen LogP contribution in [0.15, 0.2) is 52.3 Å². The van der Waals surface area contributed by atoms with Crippen LogP contribution in [0.4, 0.5) is 0 Å². The summed E-state index contributed by atoms with van der Waals surface area (Å²) < 4.78 is 26.9. The summed E-state index contributed by atoms with van der Waals surface area (Å²) in [5.41, 5.74) is 0.610. The van der Waals surface area contributed by atoms with Crippen molar-refractivity contribution in [2.24, 2.45) is 0 Å². The van der Waals surface area contributed by atoms with Gasteiger partial charge < -0.3 is 9.38 Å². The molecule has 7 heteroatoms. The second kappa shape index (κ2) is 6.00. The maximum absolute atomic E-state index is 13.0. The van der Waals surface area contributed by atoms with Crippen molar-refractivity contribution in [3.63, 3.8) is 0 Å². The summed E-state index contributed by atoms with van der Waals surface area (Å²) in [7, 11) is 0.408. The number of sulfone groups is 1. The third-order valence-electron chi connectivity index (χ3n) is 5.42. The van der Waals surface area contributed by atoms with E-state index in [1.165, 1.54) is 24.3 Å². The van der Waals surface area contributed by atoms with E-state index in [-0.39, 0.29) is 32.6 Å². The molecule has 0 unspecified atom stereocenters. The summed E-state index contributed by atoms with van der Waals surface area (Å²) in [4.78, 5) is 27.2. The second-order valence-corrected chi connectivity index (χ2v) is 9.60. The number of amides is 1. The van der Waals surface area contributed by atoms with E-state index in [4.69, 9.17) is 0 Å². The Kier molecular flexibility index (Phi) is 3.98. The minimum Gasteiger partial charge on any atom is -0.327 e. The van der Waals surface area contributed by atoms with E-state index in [9.17, 15) is 18.0 Å². The molecule has 27 heavy (non-hydrogen) atoms. The van der Waals surface area contributed by atoms with Crippen molar-refractivity contribution >= 4 is 21.5 Å². The summed E-state index contributed by atoms with van der Waals surface area (Å²) in [6.45, 7) is 2.94. The zero-order valence-electron chi connectivity index (χ0n) is 15.3. The first-order valence-corrected chi connectivity index (χ1v) is 10.3. The number of likely N-dealkylation sites (N-methyl/N-ethyl adjacent to an activating group) is 1. The lowest BCUT2D eigenvalue weighted by Crippen LogP contribution is -2.56. The van der Waals surface area contributed by atoms with Gasteiger partial charge in [-0.2, -0.15) is 0 Å². The minimum atomic E-state index is -3.83. The van der Waals surface area contributed by atoms with Gasteiger partial charge in [-0.1, -0.05) is 12.1 Å². The molecule has 4 rings (SSSR count). The highest BCUT2D eigenvalue weighted by Gasteiger charge is 2.36. The Balaban J connectivity index is 1.73. The van der Waals surface area contributed by atoms with E-state index >= 15 is 0 Å². The molecule has 2 aromatic rings. The fourth-order valence-corrected chi connectivity index (χ4v) is 5.29. The van der Waals surface area contributed by atoms with Crippen LogP contribution in [-0.2, 0) is 9.84 Å². The zero-order chi connectivity index (χ0) is 19.4. The molecule has 2 aromatic carbocycles. The first-order valence-electron chi connectivity index (χ1n) is 8.85. The third-order valence-corrected chi connectivity index (χ3v) is 7.27. The van der Waals surface area contributed by atoms with Crippen LogP contribution in [0.5, 0.6) is 0 Å². The highest BCUT2D eigenvalue weighted by molar-refractivity contribution is 7.91.